The number of hydrogen-bond acceptors (Lipinski definition) is 6. The Kier molecular flexibility index (Phi) is 7.56. The highest BCUT2D eigenvalue weighted by atomic mass is 32.1. The molecule has 37 heavy (non-hydrogen) atoms. The normalized spacial score (nSPS) is 18.4. The number of hydrogen-bond donors (Lipinski definition) is 3. The molecule has 3 aromatic heterocycles. The van der Waals surface area contributed by atoms with Crippen molar-refractivity contribution in [1.29, 1.82) is 0 Å². The first-order valence-corrected chi connectivity index (χ1v) is 14.1. The first-order chi connectivity index (χ1) is 17.8. The molecule has 3 N–H and O–H groups in total. The van der Waals surface area contributed by atoms with Gasteiger partial charge in [0.1, 0.15) is 11.6 Å². The molecule has 1 saturated carbocycles. The van der Waals surface area contributed by atoms with Crippen LogP contribution in [0.3, 0.4) is 0 Å². The molecule has 6 nitrogen and oxygen atoms in total. The van der Waals surface area contributed by atoms with E-state index in [0.29, 0.717) is 24.6 Å². The van der Waals surface area contributed by atoms with Crippen LogP contribution in [0.4, 0.5) is 5.82 Å². The summed E-state index contributed by atoms with van der Waals surface area (Å²) in [6.45, 7) is 10.9. The number of aromatic amines is 1. The maximum atomic E-state index is 5.87. The fraction of sp³-hybridized carbons (Fsp3) is 0.433. The number of pyridine rings is 1. The Balaban J connectivity index is 1.39. The van der Waals surface area contributed by atoms with Gasteiger partial charge in [0.05, 0.1) is 25.0 Å². The topological polar surface area (TPSA) is 71.2 Å². The predicted molar refractivity (Wildman–Crippen MR) is 155 cm³/mol. The quantitative estimate of drug-likeness (QED) is 0.163. The summed E-state index contributed by atoms with van der Waals surface area (Å²) in [4.78, 5) is 8.80. The molecule has 0 saturated heterocycles. The van der Waals surface area contributed by atoms with Crippen molar-refractivity contribution in [2.45, 2.75) is 70.6 Å². The minimum atomic E-state index is -0.117. The number of aromatic nitrogens is 2. The van der Waals surface area contributed by atoms with Crippen molar-refractivity contribution in [2.75, 3.05) is 19.2 Å². The Morgan fingerprint density at radius 1 is 1.11 bits per heavy atom. The lowest BCUT2D eigenvalue weighted by molar-refractivity contribution is -0.0187. The van der Waals surface area contributed by atoms with Gasteiger partial charge in [-0.05, 0) is 81.0 Å². The first kappa shape index (κ1) is 25.8. The lowest BCUT2D eigenvalue weighted by Gasteiger charge is -2.31. The van der Waals surface area contributed by atoms with E-state index in [1.165, 1.54) is 5.56 Å². The molecule has 7 heteroatoms. The number of H-pyrrole nitrogens is 1. The Morgan fingerprint density at radius 2 is 1.89 bits per heavy atom. The van der Waals surface area contributed by atoms with E-state index in [-0.39, 0.29) is 5.60 Å². The van der Waals surface area contributed by atoms with E-state index in [1.807, 2.05) is 0 Å². The molecule has 196 valence electrons. The zero-order valence-electron chi connectivity index (χ0n) is 22.3. The smallest absolute Gasteiger partial charge is 0.136 e. The monoisotopic (exact) mass is 518 g/mol. The number of methoxy groups -OCH3 is 1. The van der Waals surface area contributed by atoms with Gasteiger partial charge in [-0.15, -0.1) is 0 Å². The van der Waals surface area contributed by atoms with E-state index in [2.05, 4.69) is 84.1 Å². The Labute approximate surface area is 223 Å². The van der Waals surface area contributed by atoms with Gasteiger partial charge in [0, 0.05) is 46.1 Å². The van der Waals surface area contributed by atoms with Gasteiger partial charge < -0.3 is 19.8 Å². The molecule has 1 aliphatic carbocycles. The largest absolute Gasteiger partial charge is 0.497 e. The van der Waals surface area contributed by atoms with E-state index < -0.39 is 0 Å². The van der Waals surface area contributed by atoms with Crippen molar-refractivity contribution >= 4 is 44.7 Å². The molecule has 0 atom stereocenters. The van der Waals surface area contributed by atoms with Crippen molar-refractivity contribution in [1.82, 2.24) is 15.3 Å². The number of thiophene rings is 1. The summed E-state index contributed by atoms with van der Waals surface area (Å²) in [5.41, 5.74) is 5.39. The first-order valence-electron chi connectivity index (χ1n) is 13.1. The Bertz CT molecular complexity index is 1360. The number of benzene rings is 1. The number of ether oxygens (including phenoxy) is 2. The molecule has 0 unspecified atom stereocenters. The van der Waals surface area contributed by atoms with Gasteiger partial charge in [0.15, 0.2) is 0 Å². The minimum absolute atomic E-state index is 0.117. The minimum Gasteiger partial charge on any atom is -0.497 e. The third-order valence-electron chi connectivity index (χ3n) is 7.11. The molecule has 0 bridgehead atoms. The highest BCUT2D eigenvalue weighted by molar-refractivity contribution is 7.07. The van der Waals surface area contributed by atoms with Gasteiger partial charge in [0.2, 0.25) is 0 Å². The van der Waals surface area contributed by atoms with Gasteiger partial charge in [-0.1, -0.05) is 18.7 Å². The maximum absolute atomic E-state index is 5.87. The van der Waals surface area contributed by atoms with Gasteiger partial charge in [-0.3, -0.25) is 5.32 Å². The van der Waals surface area contributed by atoms with E-state index in [9.17, 15) is 0 Å². The van der Waals surface area contributed by atoms with Crippen molar-refractivity contribution in [3.05, 3.63) is 64.5 Å². The van der Waals surface area contributed by atoms with Gasteiger partial charge in [-0.25, -0.2) is 4.98 Å². The Morgan fingerprint density at radius 3 is 2.59 bits per heavy atom. The molecule has 0 amide bonds. The molecular formula is C30H38N4O2S. The van der Waals surface area contributed by atoms with Crippen LogP contribution in [-0.2, 0) is 15.9 Å². The highest BCUT2D eigenvalue weighted by Crippen LogP contribution is 2.34. The van der Waals surface area contributed by atoms with E-state index >= 15 is 0 Å². The van der Waals surface area contributed by atoms with Gasteiger partial charge >= 0.3 is 0 Å². The van der Waals surface area contributed by atoms with Crippen LogP contribution < -0.4 is 10.6 Å². The van der Waals surface area contributed by atoms with Gasteiger partial charge in [-0.2, -0.15) is 11.3 Å². The molecule has 4 aromatic rings. The number of rotatable bonds is 9. The zero-order chi connectivity index (χ0) is 26.0. The van der Waals surface area contributed by atoms with Crippen molar-refractivity contribution in [3.8, 4) is 0 Å². The van der Waals surface area contributed by atoms with Crippen LogP contribution in [-0.4, -0.2) is 41.5 Å². The lowest BCUT2D eigenvalue weighted by Crippen LogP contribution is -2.39. The van der Waals surface area contributed by atoms with Crippen LogP contribution in [0.2, 0.25) is 0 Å². The predicted octanol–water partition coefficient (Wildman–Crippen LogP) is 7.07. The zero-order valence-corrected chi connectivity index (χ0v) is 23.1. The van der Waals surface area contributed by atoms with Crippen LogP contribution in [0.15, 0.2) is 47.7 Å². The van der Waals surface area contributed by atoms with E-state index in [1.54, 1.807) is 18.4 Å². The lowest BCUT2D eigenvalue weighted by atomic mass is 9.91. The molecule has 0 radical (unpaired) electrons. The average Bonchev–Trinajstić information content (AvgIpc) is 3.50. The fourth-order valence-corrected chi connectivity index (χ4v) is 5.75. The molecule has 0 spiro atoms. The second-order valence-corrected chi connectivity index (χ2v) is 11.8. The standard InChI is InChI=1S/C30H38N4O2S/c1-19(35-5)21-6-11-25-26(15-21)34-27-16-24(14-20-12-13-37-17-20)33-29(28(25)27)32-23-9-7-22(8-10-23)31-18-36-30(2,3)4/h6,11-13,15-17,22-23,31,34H,1,7-10,14,18H2,2-5H3,(H,32,33). The number of nitrogens with one attached hydrogen (secondary N) is 3. The van der Waals surface area contributed by atoms with Gasteiger partial charge in [0.25, 0.3) is 0 Å². The summed E-state index contributed by atoms with van der Waals surface area (Å²) in [6.07, 6.45) is 5.27. The number of fused-ring (bicyclic) bond motifs is 3. The molecule has 1 aromatic carbocycles. The third kappa shape index (κ3) is 6.17. The van der Waals surface area contributed by atoms with Crippen LogP contribution in [0, 0.1) is 0 Å². The van der Waals surface area contributed by atoms with Crippen LogP contribution in [0.1, 0.15) is 63.3 Å². The summed E-state index contributed by atoms with van der Waals surface area (Å²) < 4.78 is 11.2. The molecule has 3 heterocycles. The molecule has 0 aliphatic heterocycles. The number of nitrogens with zero attached hydrogens (tertiary/aromatic N) is 1. The summed E-state index contributed by atoms with van der Waals surface area (Å²) >= 11 is 1.73. The van der Waals surface area contributed by atoms with Crippen LogP contribution >= 0.6 is 11.3 Å². The second-order valence-electron chi connectivity index (χ2n) is 11.0. The van der Waals surface area contributed by atoms with Crippen molar-refractivity contribution < 1.29 is 9.47 Å². The number of anilines is 1. The summed E-state index contributed by atoms with van der Waals surface area (Å²) in [6, 6.07) is 11.6. The van der Waals surface area contributed by atoms with Crippen molar-refractivity contribution in [2.24, 2.45) is 0 Å². The maximum Gasteiger partial charge on any atom is 0.136 e. The summed E-state index contributed by atoms with van der Waals surface area (Å²) in [5.74, 6) is 1.63. The Hall–Kier alpha value is -2.87. The van der Waals surface area contributed by atoms with E-state index in [4.69, 9.17) is 14.5 Å². The van der Waals surface area contributed by atoms with Crippen LogP contribution in [0.5, 0.6) is 0 Å². The summed E-state index contributed by atoms with van der Waals surface area (Å²) in [7, 11) is 1.66. The highest BCUT2D eigenvalue weighted by Gasteiger charge is 2.23. The molecular weight excluding hydrogens is 480 g/mol. The SMILES string of the molecule is C=C(OC)c1ccc2c(c1)[nH]c1cc(Cc3ccsc3)nc(NC3CCC(NCOC(C)(C)C)CC3)c12. The molecule has 1 aliphatic rings. The summed E-state index contributed by atoms with van der Waals surface area (Å²) in [5, 5.41) is 14.1. The molecule has 1 fully saturated rings. The molecule has 5 rings (SSSR count). The second kappa shape index (κ2) is 10.9. The van der Waals surface area contributed by atoms with Crippen LogP contribution in [0.25, 0.3) is 27.6 Å². The van der Waals surface area contributed by atoms with E-state index in [0.717, 1.165) is 71.0 Å². The third-order valence-corrected chi connectivity index (χ3v) is 7.84. The van der Waals surface area contributed by atoms with Crippen molar-refractivity contribution in [3.63, 3.8) is 0 Å². The average molecular weight is 519 g/mol. The fourth-order valence-electron chi connectivity index (χ4n) is 5.08.